The van der Waals surface area contributed by atoms with Crippen molar-refractivity contribution >= 4 is 5.69 Å². The molecule has 2 rings (SSSR count). The molecule has 0 saturated heterocycles. The minimum absolute atomic E-state index is 0.0350. The van der Waals surface area contributed by atoms with E-state index in [9.17, 15) is 8.78 Å². The molecule has 0 saturated carbocycles. The number of alkyl halides is 2. The standard InChI is InChI=1S/C16H17F2N/c1-12-7-6-10-15(13(12)2)19-11-16(17,18)14-8-4-3-5-9-14/h3-10,19H,11H2,1-2H3. The Morgan fingerprint density at radius 2 is 1.63 bits per heavy atom. The van der Waals surface area contributed by atoms with Gasteiger partial charge in [-0.1, -0.05) is 42.5 Å². The van der Waals surface area contributed by atoms with Crippen molar-refractivity contribution in [2.45, 2.75) is 19.8 Å². The van der Waals surface area contributed by atoms with Crippen molar-refractivity contribution in [2.75, 3.05) is 11.9 Å². The van der Waals surface area contributed by atoms with E-state index in [1.54, 1.807) is 18.2 Å². The van der Waals surface area contributed by atoms with Crippen LogP contribution in [0.15, 0.2) is 48.5 Å². The van der Waals surface area contributed by atoms with Gasteiger partial charge in [0, 0.05) is 11.3 Å². The number of aryl methyl sites for hydroxylation is 1. The lowest BCUT2D eigenvalue weighted by molar-refractivity contribution is 0.0106. The van der Waals surface area contributed by atoms with Gasteiger partial charge in [-0.2, -0.15) is 8.78 Å². The lowest BCUT2D eigenvalue weighted by Crippen LogP contribution is -2.25. The number of halogens is 2. The van der Waals surface area contributed by atoms with Gasteiger partial charge in [-0.15, -0.1) is 0 Å². The molecule has 0 aliphatic rings. The summed E-state index contributed by atoms with van der Waals surface area (Å²) in [5.74, 6) is -2.88. The average Bonchev–Trinajstić information content (AvgIpc) is 2.41. The van der Waals surface area contributed by atoms with Crippen LogP contribution in [0.4, 0.5) is 14.5 Å². The fourth-order valence-electron chi connectivity index (χ4n) is 1.93. The molecule has 0 radical (unpaired) electrons. The van der Waals surface area contributed by atoms with Gasteiger partial charge in [0.2, 0.25) is 0 Å². The van der Waals surface area contributed by atoms with Crippen LogP contribution < -0.4 is 5.32 Å². The Kier molecular flexibility index (Phi) is 3.84. The Morgan fingerprint density at radius 3 is 2.32 bits per heavy atom. The molecule has 0 bridgehead atoms. The molecule has 0 heterocycles. The monoisotopic (exact) mass is 261 g/mol. The highest BCUT2D eigenvalue weighted by atomic mass is 19.3. The van der Waals surface area contributed by atoms with Crippen LogP contribution in [-0.4, -0.2) is 6.54 Å². The lowest BCUT2D eigenvalue weighted by Gasteiger charge is -2.19. The van der Waals surface area contributed by atoms with Gasteiger partial charge in [0.1, 0.15) is 0 Å². The van der Waals surface area contributed by atoms with Crippen LogP contribution in [0.25, 0.3) is 0 Å². The molecule has 2 aromatic carbocycles. The van der Waals surface area contributed by atoms with Gasteiger partial charge in [-0.25, -0.2) is 0 Å². The molecule has 2 aromatic rings. The maximum absolute atomic E-state index is 14.0. The Morgan fingerprint density at radius 1 is 0.947 bits per heavy atom. The normalized spacial score (nSPS) is 11.4. The third kappa shape index (κ3) is 3.11. The Hall–Kier alpha value is -1.90. The zero-order valence-electron chi connectivity index (χ0n) is 11.1. The molecule has 100 valence electrons. The van der Waals surface area contributed by atoms with Gasteiger partial charge in [0.05, 0.1) is 6.54 Å². The zero-order valence-corrected chi connectivity index (χ0v) is 11.1. The Bertz CT molecular complexity index is 550. The first-order valence-electron chi connectivity index (χ1n) is 6.24. The van der Waals surface area contributed by atoms with E-state index in [1.165, 1.54) is 12.1 Å². The van der Waals surface area contributed by atoms with Crippen molar-refractivity contribution in [1.82, 2.24) is 0 Å². The molecule has 3 heteroatoms. The molecular weight excluding hydrogens is 244 g/mol. The fraction of sp³-hybridized carbons (Fsp3) is 0.250. The summed E-state index contributed by atoms with van der Waals surface area (Å²) in [4.78, 5) is 0. The van der Waals surface area contributed by atoms with Gasteiger partial charge in [-0.05, 0) is 31.0 Å². The molecule has 0 unspecified atom stereocenters. The predicted octanol–water partition coefficient (Wildman–Crippen LogP) is 4.51. The number of hydrogen-bond acceptors (Lipinski definition) is 1. The van der Waals surface area contributed by atoms with Crippen LogP contribution >= 0.6 is 0 Å². The van der Waals surface area contributed by atoms with Gasteiger partial charge in [0.15, 0.2) is 0 Å². The molecule has 1 nitrogen and oxygen atoms in total. The fourth-order valence-corrected chi connectivity index (χ4v) is 1.93. The molecule has 1 N–H and O–H groups in total. The summed E-state index contributed by atoms with van der Waals surface area (Å²) in [5.41, 5.74) is 2.89. The second-order valence-electron chi connectivity index (χ2n) is 4.67. The maximum Gasteiger partial charge on any atom is 0.290 e. The summed E-state index contributed by atoms with van der Waals surface area (Å²) >= 11 is 0. The summed E-state index contributed by atoms with van der Waals surface area (Å²) in [5, 5.41) is 2.84. The maximum atomic E-state index is 14.0. The molecule has 0 aromatic heterocycles. The molecular formula is C16H17F2N. The van der Waals surface area contributed by atoms with E-state index < -0.39 is 12.5 Å². The smallest absolute Gasteiger partial charge is 0.290 e. The van der Waals surface area contributed by atoms with Crippen LogP contribution in [0.1, 0.15) is 16.7 Å². The van der Waals surface area contributed by atoms with E-state index in [0.29, 0.717) is 0 Å². The van der Waals surface area contributed by atoms with Crippen molar-refractivity contribution < 1.29 is 8.78 Å². The lowest BCUT2D eigenvalue weighted by atomic mass is 10.1. The quantitative estimate of drug-likeness (QED) is 0.854. The molecule has 0 aliphatic heterocycles. The van der Waals surface area contributed by atoms with E-state index >= 15 is 0 Å². The largest absolute Gasteiger partial charge is 0.378 e. The number of nitrogens with one attached hydrogen (secondary N) is 1. The minimum atomic E-state index is -2.88. The van der Waals surface area contributed by atoms with E-state index in [4.69, 9.17) is 0 Å². The highest BCUT2D eigenvalue weighted by Gasteiger charge is 2.30. The van der Waals surface area contributed by atoms with Gasteiger partial charge >= 0.3 is 0 Å². The van der Waals surface area contributed by atoms with Crippen LogP contribution in [0.3, 0.4) is 0 Å². The van der Waals surface area contributed by atoms with Crippen molar-refractivity contribution in [3.63, 3.8) is 0 Å². The Balaban J connectivity index is 2.12. The molecule has 0 spiro atoms. The van der Waals surface area contributed by atoms with Crippen LogP contribution in [0.2, 0.25) is 0 Å². The van der Waals surface area contributed by atoms with Crippen molar-refractivity contribution in [3.05, 3.63) is 65.2 Å². The van der Waals surface area contributed by atoms with Crippen molar-refractivity contribution in [1.29, 1.82) is 0 Å². The van der Waals surface area contributed by atoms with Gasteiger partial charge in [0.25, 0.3) is 5.92 Å². The molecule has 0 amide bonds. The average molecular weight is 261 g/mol. The van der Waals surface area contributed by atoms with Crippen LogP contribution in [0.5, 0.6) is 0 Å². The van der Waals surface area contributed by atoms with Crippen molar-refractivity contribution in [2.24, 2.45) is 0 Å². The summed E-state index contributed by atoms with van der Waals surface area (Å²) in [6, 6.07) is 13.5. The van der Waals surface area contributed by atoms with E-state index in [1.807, 2.05) is 32.0 Å². The molecule has 0 fully saturated rings. The number of hydrogen-bond donors (Lipinski definition) is 1. The molecule has 0 aliphatic carbocycles. The summed E-state index contributed by atoms with van der Waals surface area (Å²) < 4.78 is 28.0. The minimum Gasteiger partial charge on any atom is -0.378 e. The topological polar surface area (TPSA) is 12.0 Å². The number of anilines is 1. The van der Waals surface area contributed by atoms with Crippen LogP contribution in [0, 0.1) is 13.8 Å². The SMILES string of the molecule is Cc1cccc(NCC(F)(F)c2ccccc2)c1C. The first-order valence-corrected chi connectivity index (χ1v) is 6.24. The second kappa shape index (κ2) is 5.39. The van der Waals surface area contributed by atoms with E-state index in [0.717, 1.165) is 16.8 Å². The third-order valence-corrected chi connectivity index (χ3v) is 3.30. The van der Waals surface area contributed by atoms with E-state index in [2.05, 4.69) is 5.32 Å². The van der Waals surface area contributed by atoms with Gasteiger partial charge < -0.3 is 5.32 Å². The van der Waals surface area contributed by atoms with Crippen molar-refractivity contribution in [3.8, 4) is 0 Å². The number of benzene rings is 2. The highest BCUT2D eigenvalue weighted by Crippen LogP contribution is 2.29. The summed E-state index contributed by atoms with van der Waals surface area (Å²) in [6.07, 6.45) is 0. The van der Waals surface area contributed by atoms with E-state index in [-0.39, 0.29) is 5.56 Å². The summed E-state index contributed by atoms with van der Waals surface area (Å²) in [7, 11) is 0. The summed E-state index contributed by atoms with van der Waals surface area (Å²) in [6.45, 7) is 3.50. The Labute approximate surface area is 112 Å². The number of rotatable bonds is 4. The highest BCUT2D eigenvalue weighted by molar-refractivity contribution is 5.53. The molecule has 19 heavy (non-hydrogen) atoms. The predicted molar refractivity (Wildman–Crippen MR) is 74.7 cm³/mol. The van der Waals surface area contributed by atoms with Gasteiger partial charge in [-0.3, -0.25) is 0 Å². The zero-order chi connectivity index (χ0) is 13.9. The first-order chi connectivity index (χ1) is 9.00. The third-order valence-electron chi connectivity index (χ3n) is 3.30. The molecule has 0 atom stereocenters. The van der Waals surface area contributed by atoms with Crippen LogP contribution in [-0.2, 0) is 5.92 Å². The first kappa shape index (κ1) is 13.5. The second-order valence-corrected chi connectivity index (χ2v) is 4.67.